The van der Waals surface area contributed by atoms with Crippen LogP contribution in [-0.2, 0) is 37.3 Å². The lowest BCUT2D eigenvalue weighted by molar-refractivity contribution is 0.0258. The van der Waals surface area contributed by atoms with Crippen LogP contribution in [0.25, 0.3) is 10.9 Å². The minimum absolute atomic E-state index is 0.274. The minimum Gasteiger partial charge on any atom is -0.444 e. The van der Waals surface area contributed by atoms with Crippen molar-refractivity contribution in [3.8, 4) is 0 Å². The molecule has 0 saturated carbocycles. The summed E-state index contributed by atoms with van der Waals surface area (Å²) in [7, 11) is -7.04. The summed E-state index contributed by atoms with van der Waals surface area (Å²) in [4.78, 5) is 18.9. The Kier molecular flexibility index (Phi) is 10.1. The molecule has 10 nitrogen and oxygen atoms in total. The molecule has 0 bridgehead atoms. The number of H-pyrrole nitrogens is 1. The summed E-state index contributed by atoms with van der Waals surface area (Å²) < 4.78 is 57.2. The van der Waals surface area contributed by atoms with Gasteiger partial charge in [0.1, 0.15) is 5.60 Å². The number of hydrogen-bond acceptors (Lipinski definition) is 8. The molecule has 3 aliphatic rings. The molecule has 8 rings (SSSR count). The Morgan fingerprint density at radius 1 is 0.736 bits per heavy atom. The van der Waals surface area contributed by atoms with Crippen molar-refractivity contribution >= 4 is 42.4 Å². The fourth-order valence-corrected chi connectivity index (χ4v) is 10.1. The van der Waals surface area contributed by atoms with E-state index < -0.39 is 25.3 Å². The highest BCUT2D eigenvalue weighted by Crippen LogP contribution is 2.41. The van der Waals surface area contributed by atoms with Gasteiger partial charge in [0.25, 0.3) is 0 Å². The number of aromatic amines is 1. The van der Waals surface area contributed by atoms with Crippen LogP contribution < -0.4 is 10.6 Å². The Morgan fingerprint density at radius 2 is 1.34 bits per heavy atom. The second-order valence-electron chi connectivity index (χ2n) is 14.8. The zero-order valence-electron chi connectivity index (χ0n) is 30.3. The van der Waals surface area contributed by atoms with E-state index in [1.165, 1.54) is 0 Å². The summed E-state index contributed by atoms with van der Waals surface area (Å²) in [6, 6.07) is 28.3. The van der Waals surface area contributed by atoms with E-state index in [0.29, 0.717) is 47.7 Å². The number of amides is 1. The van der Waals surface area contributed by atoms with Crippen LogP contribution in [0.4, 0.5) is 10.5 Å². The minimum atomic E-state index is -3.59. The number of rotatable bonds is 4. The van der Waals surface area contributed by atoms with Crippen molar-refractivity contribution in [2.45, 2.75) is 83.6 Å². The molecular formula is C41H46N4O6S2. The van der Waals surface area contributed by atoms with Gasteiger partial charge in [-0.2, -0.15) is 0 Å². The Morgan fingerprint density at radius 3 is 2.00 bits per heavy atom. The number of aromatic nitrogens is 1. The van der Waals surface area contributed by atoms with E-state index in [9.17, 15) is 21.6 Å². The third-order valence-electron chi connectivity index (χ3n) is 10.1. The Hall–Kier alpha value is -4.65. The molecule has 0 radical (unpaired) electrons. The summed E-state index contributed by atoms with van der Waals surface area (Å²) in [5.74, 6) is 0.394. The van der Waals surface area contributed by atoms with Gasteiger partial charge in [-0.1, -0.05) is 36.4 Å². The summed E-state index contributed by atoms with van der Waals surface area (Å²) in [6.07, 6.45) is 3.11. The number of benzene rings is 4. The SMILES string of the molecule is CC(C)(C)OC(=O)N1CCc2[nH]c3ccc(S(=O)(=O)c4ccccc4)cc3c2CC1.O=S(=O)(c1ccccc1)c1ccc2c(c1)[C@@H]1CCNCC[C@H]1N2. The van der Waals surface area contributed by atoms with Crippen molar-refractivity contribution in [2.24, 2.45) is 0 Å². The number of sulfone groups is 2. The van der Waals surface area contributed by atoms with Crippen molar-refractivity contribution in [3.63, 3.8) is 0 Å². The predicted octanol–water partition coefficient (Wildman–Crippen LogP) is 7.12. The number of hydrogen-bond donors (Lipinski definition) is 3. The van der Waals surface area contributed by atoms with Crippen molar-refractivity contribution in [1.82, 2.24) is 15.2 Å². The molecule has 278 valence electrons. The van der Waals surface area contributed by atoms with E-state index in [1.807, 2.05) is 45.0 Å². The van der Waals surface area contributed by atoms with Gasteiger partial charge in [-0.25, -0.2) is 21.6 Å². The van der Waals surface area contributed by atoms with Crippen molar-refractivity contribution in [3.05, 3.63) is 114 Å². The molecule has 1 saturated heterocycles. The van der Waals surface area contributed by atoms with Crippen LogP contribution in [0.5, 0.6) is 0 Å². The van der Waals surface area contributed by atoms with Gasteiger partial charge < -0.3 is 25.3 Å². The van der Waals surface area contributed by atoms with Gasteiger partial charge in [-0.05, 0) is 125 Å². The molecule has 1 fully saturated rings. The first kappa shape index (κ1) is 36.7. The fraction of sp³-hybridized carbons (Fsp3) is 0.341. The monoisotopic (exact) mass is 754 g/mol. The quantitative estimate of drug-likeness (QED) is 0.177. The second-order valence-corrected chi connectivity index (χ2v) is 18.7. The maximum absolute atomic E-state index is 13.0. The van der Waals surface area contributed by atoms with Crippen LogP contribution in [0.3, 0.4) is 0 Å². The maximum Gasteiger partial charge on any atom is 0.410 e. The van der Waals surface area contributed by atoms with Gasteiger partial charge in [0, 0.05) is 53.8 Å². The molecule has 1 aromatic heterocycles. The highest BCUT2D eigenvalue weighted by atomic mass is 32.2. The lowest BCUT2D eigenvalue weighted by Gasteiger charge is -2.26. The average molecular weight is 755 g/mol. The van der Waals surface area contributed by atoms with Crippen LogP contribution >= 0.6 is 0 Å². The summed E-state index contributed by atoms with van der Waals surface area (Å²) in [5, 5.41) is 7.88. The molecule has 0 spiro atoms. The number of fused-ring (bicyclic) bond motifs is 6. The molecule has 5 aromatic rings. The summed E-state index contributed by atoms with van der Waals surface area (Å²) in [5.41, 5.74) is 4.74. The van der Waals surface area contributed by atoms with E-state index in [2.05, 4.69) is 15.6 Å². The number of nitrogens with zero attached hydrogens (tertiary/aromatic N) is 1. The van der Waals surface area contributed by atoms with E-state index >= 15 is 0 Å². The number of ether oxygens (including phenoxy) is 1. The van der Waals surface area contributed by atoms with E-state index in [0.717, 1.165) is 59.3 Å². The first-order valence-corrected chi connectivity index (χ1v) is 21.1. The predicted molar refractivity (Wildman–Crippen MR) is 206 cm³/mol. The van der Waals surface area contributed by atoms with Crippen molar-refractivity contribution in [1.29, 1.82) is 0 Å². The average Bonchev–Trinajstić information content (AvgIpc) is 3.46. The largest absolute Gasteiger partial charge is 0.444 e. The van der Waals surface area contributed by atoms with Crippen LogP contribution in [0.1, 0.15) is 56.4 Å². The smallest absolute Gasteiger partial charge is 0.410 e. The Bertz CT molecular complexity index is 2340. The van der Waals surface area contributed by atoms with Gasteiger partial charge in [-0.3, -0.25) is 0 Å². The van der Waals surface area contributed by atoms with E-state index in [-0.39, 0.29) is 15.9 Å². The fourth-order valence-electron chi connectivity index (χ4n) is 7.47. The molecule has 53 heavy (non-hydrogen) atoms. The lowest BCUT2D eigenvalue weighted by atomic mass is 9.91. The topological polar surface area (TPSA) is 138 Å². The highest BCUT2D eigenvalue weighted by Gasteiger charge is 2.34. The number of carbonyl (C=O) groups is 1. The van der Waals surface area contributed by atoms with Crippen LogP contribution in [0, 0.1) is 0 Å². The molecular weight excluding hydrogens is 709 g/mol. The van der Waals surface area contributed by atoms with Gasteiger partial charge in [0.2, 0.25) is 19.7 Å². The Labute approximate surface area is 311 Å². The molecule has 12 heteroatoms. The summed E-state index contributed by atoms with van der Waals surface area (Å²) in [6.45, 7) is 8.65. The van der Waals surface area contributed by atoms with Gasteiger partial charge >= 0.3 is 6.09 Å². The van der Waals surface area contributed by atoms with Crippen molar-refractivity contribution in [2.75, 3.05) is 31.5 Å². The van der Waals surface area contributed by atoms with Crippen LogP contribution in [0.2, 0.25) is 0 Å². The van der Waals surface area contributed by atoms with Gasteiger partial charge in [0.05, 0.1) is 19.6 Å². The van der Waals surface area contributed by atoms with Crippen molar-refractivity contribution < 1.29 is 26.4 Å². The van der Waals surface area contributed by atoms with Gasteiger partial charge in [-0.15, -0.1) is 0 Å². The molecule has 3 N–H and O–H groups in total. The molecule has 0 unspecified atom stereocenters. The highest BCUT2D eigenvalue weighted by molar-refractivity contribution is 7.91. The van der Waals surface area contributed by atoms with E-state index in [4.69, 9.17) is 4.74 Å². The lowest BCUT2D eigenvalue weighted by Crippen LogP contribution is -2.38. The van der Waals surface area contributed by atoms with Gasteiger partial charge in [0.15, 0.2) is 0 Å². The number of nitrogens with one attached hydrogen (secondary N) is 3. The third kappa shape index (κ3) is 7.71. The maximum atomic E-state index is 13.0. The molecule has 4 heterocycles. The first-order valence-electron chi connectivity index (χ1n) is 18.1. The molecule has 4 aromatic carbocycles. The summed E-state index contributed by atoms with van der Waals surface area (Å²) >= 11 is 0. The number of carbonyl (C=O) groups excluding carboxylic acids is 1. The second kappa shape index (κ2) is 14.6. The Balaban J connectivity index is 0.000000170. The zero-order chi connectivity index (χ0) is 37.4. The molecule has 0 aliphatic carbocycles. The first-order chi connectivity index (χ1) is 25.3. The molecule has 2 atom stereocenters. The normalized spacial score (nSPS) is 18.7. The van der Waals surface area contributed by atoms with E-state index in [1.54, 1.807) is 77.7 Å². The zero-order valence-corrected chi connectivity index (χ0v) is 31.9. The molecule has 3 aliphatic heterocycles. The molecule has 1 amide bonds. The van der Waals surface area contributed by atoms with Crippen LogP contribution in [-0.4, -0.2) is 70.6 Å². The number of anilines is 1. The van der Waals surface area contributed by atoms with Crippen LogP contribution in [0.15, 0.2) is 117 Å². The standard InChI is InChI=1S/C23H26N2O4S.C18H20N2O2S/c1-23(2,3)29-22(26)25-13-11-18-19-15-17(9-10-20(19)24-21(18)12-14-25)30(27,28)16-7-5-4-6-8-16;21-23(22,13-4-2-1-3-5-13)14-6-7-17-16(12-14)15-8-10-19-11-9-18(15)20-17/h4-10,15,24H,11-14H2,1-3H3;1-7,12,15,18-20H,8-11H2/t;15-,18+/m.0/s1. The third-order valence-corrected chi connectivity index (χ3v) is 13.7.